The van der Waals surface area contributed by atoms with E-state index in [1.165, 1.54) is 6.42 Å². The Morgan fingerprint density at radius 3 is 2.63 bits per heavy atom. The Kier molecular flexibility index (Phi) is 4.99. The van der Waals surface area contributed by atoms with Crippen molar-refractivity contribution in [3.8, 4) is 0 Å². The minimum absolute atomic E-state index is 0.0120. The van der Waals surface area contributed by atoms with E-state index in [1.807, 2.05) is 4.90 Å². The molecule has 0 saturated carbocycles. The molecule has 1 aliphatic heterocycles. The van der Waals surface area contributed by atoms with Crippen molar-refractivity contribution < 1.29 is 9.21 Å². The summed E-state index contributed by atoms with van der Waals surface area (Å²) in [7, 11) is 4.19. The Labute approximate surface area is 114 Å². The highest BCUT2D eigenvalue weighted by Crippen LogP contribution is 2.09. The maximum Gasteiger partial charge on any atom is 0.289 e. The van der Waals surface area contributed by atoms with Gasteiger partial charge in [-0.25, -0.2) is 0 Å². The first kappa shape index (κ1) is 14.1. The van der Waals surface area contributed by atoms with Crippen molar-refractivity contribution in [2.24, 2.45) is 0 Å². The highest BCUT2D eigenvalue weighted by Gasteiger charge is 2.23. The number of furan rings is 1. The largest absolute Gasteiger partial charge is 0.459 e. The Hall–Kier alpha value is -1.33. The van der Waals surface area contributed by atoms with Crippen LogP contribution in [0.15, 0.2) is 22.8 Å². The Bertz CT molecular complexity index is 381. The van der Waals surface area contributed by atoms with Gasteiger partial charge in [-0.2, -0.15) is 0 Å². The van der Waals surface area contributed by atoms with Gasteiger partial charge >= 0.3 is 0 Å². The third-order valence-electron chi connectivity index (χ3n) is 3.47. The molecule has 0 radical (unpaired) electrons. The summed E-state index contributed by atoms with van der Waals surface area (Å²) in [5, 5.41) is 0. The molecule has 19 heavy (non-hydrogen) atoms. The first-order valence-electron chi connectivity index (χ1n) is 6.86. The molecule has 1 saturated heterocycles. The smallest absolute Gasteiger partial charge is 0.289 e. The van der Waals surface area contributed by atoms with Crippen LogP contribution in [-0.4, -0.2) is 74.0 Å². The van der Waals surface area contributed by atoms with Crippen molar-refractivity contribution in [1.29, 1.82) is 0 Å². The van der Waals surface area contributed by atoms with Gasteiger partial charge in [0.05, 0.1) is 6.26 Å². The fraction of sp³-hybridized carbons (Fsp3) is 0.643. The molecule has 2 heterocycles. The van der Waals surface area contributed by atoms with Crippen molar-refractivity contribution in [1.82, 2.24) is 14.7 Å². The second-order valence-corrected chi connectivity index (χ2v) is 5.27. The van der Waals surface area contributed by atoms with Crippen molar-refractivity contribution in [3.63, 3.8) is 0 Å². The summed E-state index contributed by atoms with van der Waals surface area (Å²) in [6.07, 6.45) is 2.73. The summed E-state index contributed by atoms with van der Waals surface area (Å²) in [6.45, 7) is 5.73. The summed E-state index contributed by atoms with van der Waals surface area (Å²) >= 11 is 0. The van der Waals surface area contributed by atoms with Crippen molar-refractivity contribution >= 4 is 5.91 Å². The molecule has 0 bridgehead atoms. The molecule has 0 N–H and O–H groups in total. The predicted molar refractivity (Wildman–Crippen MR) is 74.2 cm³/mol. The zero-order valence-electron chi connectivity index (χ0n) is 11.8. The molecule has 1 fully saturated rings. The van der Waals surface area contributed by atoms with E-state index in [2.05, 4.69) is 23.9 Å². The molecule has 5 heteroatoms. The number of hydrogen-bond acceptors (Lipinski definition) is 4. The second-order valence-electron chi connectivity index (χ2n) is 5.27. The lowest BCUT2D eigenvalue weighted by atomic mass is 10.2. The van der Waals surface area contributed by atoms with Crippen molar-refractivity contribution in [2.75, 3.05) is 53.4 Å². The monoisotopic (exact) mass is 265 g/mol. The maximum absolute atomic E-state index is 12.1. The molecule has 106 valence electrons. The molecule has 1 aromatic heterocycles. The van der Waals surface area contributed by atoms with E-state index in [1.54, 1.807) is 18.4 Å². The van der Waals surface area contributed by atoms with Crippen LogP contribution in [0.1, 0.15) is 17.0 Å². The molecule has 2 rings (SSSR count). The topological polar surface area (TPSA) is 39.9 Å². The molecule has 1 aromatic rings. The van der Waals surface area contributed by atoms with Gasteiger partial charge < -0.3 is 14.2 Å². The second kappa shape index (κ2) is 6.73. The Balaban J connectivity index is 1.72. The van der Waals surface area contributed by atoms with E-state index in [4.69, 9.17) is 4.42 Å². The normalized spacial score (nSPS) is 17.1. The van der Waals surface area contributed by atoms with Gasteiger partial charge in [0, 0.05) is 26.2 Å². The summed E-state index contributed by atoms with van der Waals surface area (Å²) in [5.74, 6) is 0.457. The number of piperazine rings is 1. The van der Waals surface area contributed by atoms with Gasteiger partial charge in [0.2, 0.25) is 0 Å². The Morgan fingerprint density at radius 1 is 1.32 bits per heavy atom. The van der Waals surface area contributed by atoms with Gasteiger partial charge in [0.1, 0.15) is 0 Å². The minimum Gasteiger partial charge on any atom is -0.459 e. The van der Waals surface area contributed by atoms with Gasteiger partial charge in [-0.15, -0.1) is 0 Å². The zero-order chi connectivity index (χ0) is 13.7. The van der Waals surface area contributed by atoms with E-state index < -0.39 is 0 Å². The van der Waals surface area contributed by atoms with Gasteiger partial charge in [-0.05, 0) is 45.7 Å². The number of amides is 1. The van der Waals surface area contributed by atoms with Crippen LogP contribution in [0.3, 0.4) is 0 Å². The highest BCUT2D eigenvalue weighted by atomic mass is 16.3. The quantitative estimate of drug-likeness (QED) is 0.796. The molecule has 0 unspecified atom stereocenters. The molecule has 0 aromatic carbocycles. The fourth-order valence-corrected chi connectivity index (χ4v) is 2.34. The van der Waals surface area contributed by atoms with Crippen molar-refractivity contribution in [3.05, 3.63) is 24.2 Å². The fourth-order valence-electron chi connectivity index (χ4n) is 2.34. The molecular formula is C14H23N3O2. The van der Waals surface area contributed by atoms with Crippen LogP contribution in [0, 0.1) is 0 Å². The summed E-state index contributed by atoms with van der Waals surface area (Å²) in [4.78, 5) is 18.6. The maximum atomic E-state index is 12.1. The number of rotatable bonds is 5. The number of nitrogens with zero attached hydrogens (tertiary/aromatic N) is 3. The molecule has 5 nitrogen and oxygen atoms in total. The van der Waals surface area contributed by atoms with Crippen LogP contribution < -0.4 is 0 Å². The van der Waals surface area contributed by atoms with Crippen LogP contribution >= 0.6 is 0 Å². The summed E-state index contributed by atoms with van der Waals surface area (Å²) < 4.78 is 5.16. The lowest BCUT2D eigenvalue weighted by Crippen LogP contribution is -2.49. The van der Waals surface area contributed by atoms with E-state index >= 15 is 0 Å². The number of carbonyl (C=O) groups excluding carboxylic acids is 1. The third-order valence-corrected chi connectivity index (χ3v) is 3.47. The molecule has 0 spiro atoms. The third kappa shape index (κ3) is 4.08. The average Bonchev–Trinajstić information content (AvgIpc) is 2.92. The van der Waals surface area contributed by atoms with Gasteiger partial charge in [-0.3, -0.25) is 9.69 Å². The molecule has 0 aliphatic carbocycles. The molecule has 1 amide bonds. The summed E-state index contributed by atoms with van der Waals surface area (Å²) in [5.41, 5.74) is 0. The molecule has 0 atom stereocenters. The minimum atomic E-state index is 0.0120. The molecule has 1 aliphatic rings. The van der Waals surface area contributed by atoms with Crippen LogP contribution in [-0.2, 0) is 0 Å². The van der Waals surface area contributed by atoms with Crippen LogP contribution in [0.5, 0.6) is 0 Å². The lowest BCUT2D eigenvalue weighted by molar-refractivity contribution is 0.0603. The zero-order valence-corrected chi connectivity index (χ0v) is 11.8. The van der Waals surface area contributed by atoms with Crippen molar-refractivity contribution in [2.45, 2.75) is 6.42 Å². The highest BCUT2D eigenvalue weighted by molar-refractivity contribution is 5.91. The summed E-state index contributed by atoms with van der Waals surface area (Å²) in [6, 6.07) is 3.48. The first-order valence-corrected chi connectivity index (χ1v) is 6.86. The predicted octanol–water partition coefficient (Wildman–Crippen LogP) is 0.989. The number of carbonyl (C=O) groups is 1. The van der Waals surface area contributed by atoms with Gasteiger partial charge in [0.25, 0.3) is 5.91 Å². The molecular weight excluding hydrogens is 242 g/mol. The SMILES string of the molecule is CN(C)CCCN1CCN(C(=O)c2ccco2)CC1. The van der Waals surface area contributed by atoms with Gasteiger partial charge in [-0.1, -0.05) is 0 Å². The van der Waals surface area contributed by atoms with E-state index in [9.17, 15) is 4.79 Å². The van der Waals surface area contributed by atoms with E-state index in [0.29, 0.717) is 5.76 Å². The van der Waals surface area contributed by atoms with E-state index in [-0.39, 0.29) is 5.91 Å². The first-order chi connectivity index (χ1) is 9.16. The van der Waals surface area contributed by atoms with E-state index in [0.717, 1.165) is 39.3 Å². The van der Waals surface area contributed by atoms with Gasteiger partial charge in [0.15, 0.2) is 5.76 Å². The van der Waals surface area contributed by atoms with Crippen LogP contribution in [0.25, 0.3) is 0 Å². The average molecular weight is 265 g/mol. The van der Waals surface area contributed by atoms with Crippen LogP contribution in [0.4, 0.5) is 0 Å². The lowest BCUT2D eigenvalue weighted by Gasteiger charge is -2.34. The standard InChI is InChI=1S/C14H23N3O2/c1-15(2)6-4-7-16-8-10-17(11-9-16)14(18)13-5-3-12-19-13/h3,5,12H,4,6-11H2,1-2H3. The Morgan fingerprint density at radius 2 is 2.05 bits per heavy atom. The van der Waals surface area contributed by atoms with Crippen LogP contribution in [0.2, 0.25) is 0 Å². The number of hydrogen-bond donors (Lipinski definition) is 0.